The van der Waals surface area contributed by atoms with Gasteiger partial charge >= 0.3 is 0 Å². The molecule has 1 aromatic heterocycles. The third-order valence-corrected chi connectivity index (χ3v) is 4.70. The lowest BCUT2D eigenvalue weighted by Gasteiger charge is -2.08. The zero-order valence-electron chi connectivity index (χ0n) is 14.1. The van der Waals surface area contributed by atoms with Crippen LogP contribution in [-0.2, 0) is 22.1 Å². The van der Waals surface area contributed by atoms with E-state index in [4.69, 9.17) is 0 Å². The fourth-order valence-corrected chi connectivity index (χ4v) is 3.52. The Hall–Kier alpha value is -2.67. The molecule has 0 aliphatic heterocycles. The molecule has 0 spiro atoms. The van der Waals surface area contributed by atoms with Gasteiger partial charge < -0.3 is 4.57 Å². The number of anilines is 1. The van der Waals surface area contributed by atoms with Crippen LogP contribution in [0.3, 0.4) is 0 Å². The van der Waals surface area contributed by atoms with E-state index in [0.29, 0.717) is 23.6 Å². The lowest BCUT2D eigenvalue weighted by molar-refractivity contribution is 0.102. The van der Waals surface area contributed by atoms with Crippen molar-refractivity contribution >= 4 is 32.7 Å². The largest absolute Gasteiger partial charge is 0.310 e. The van der Waals surface area contributed by atoms with Crippen LogP contribution in [0.25, 0.3) is 11.0 Å². The predicted octanol–water partition coefficient (Wildman–Crippen LogP) is 2.85. The van der Waals surface area contributed by atoms with Crippen LogP contribution in [0.2, 0.25) is 0 Å². The second kappa shape index (κ2) is 6.68. The number of nitrogens with one attached hydrogen (secondary N) is 1. The Labute approximate surface area is 146 Å². The summed E-state index contributed by atoms with van der Waals surface area (Å²) in [6.07, 6.45) is 1.18. The lowest BCUT2D eigenvalue weighted by Crippen LogP contribution is -2.15. The minimum absolute atomic E-state index is 0.0411. The fraction of sp³-hybridized carbons (Fsp3) is 0.222. The molecule has 6 nitrogen and oxygen atoms in total. The zero-order valence-corrected chi connectivity index (χ0v) is 14.9. The smallest absolute Gasteiger partial charge is 0.257 e. The summed E-state index contributed by atoms with van der Waals surface area (Å²) in [4.78, 5) is 16.9. The van der Waals surface area contributed by atoms with E-state index < -0.39 is 9.84 Å². The number of rotatable bonds is 5. The maximum atomic E-state index is 12.5. The first-order chi connectivity index (χ1) is 11.9. The van der Waals surface area contributed by atoms with Gasteiger partial charge in [0.1, 0.15) is 0 Å². The number of carbonyl (C=O) groups is 1. The molecule has 3 aromatic rings. The van der Waals surface area contributed by atoms with Crippen LogP contribution in [0.5, 0.6) is 0 Å². The second-order valence-electron chi connectivity index (χ2n) is 5.89. The highest BCUT2D eigenvalue weighted by atomic mass is 32.2. The number of hydrogen-bond donors (Lipinski definition) is 1. The van der Waals surface area contributed by atoms with Crippen molar-refractivity contribution < 1.29 is 13.2 Å². The average molecular weight is 357 g/mol. The van der Waals surface area contributed by atoms with Crippen LogP contribution >= 0.6 is 0 Å². The highest BCUT2D eigenvalue weighted by Gasteiger charge is 2.13. The third kappa shape index (κ3) is 3.88. The number of amides is 1. The van der Waals surface area contributed by atoms with Crippen molar-refractivity contribution in [1.29, 1.82) is 0 Å². The molecule has 0 atom stereocenters. The van der Waals surface area contributed by atoms with E-state index >= 15 is 0 Å². The molecule has 0 fully saturated rings. The van der Waals surface area contributed by atoms with Gasteiger partial charge in [0.25, 0.3) is 5.91 Å². The van der Waals surface area contributed by atoms with Crippen molar-refractivity contribution in [3.8, 4) is 0 Å². The van der Waals surface area contributed by atoms with Crippen LogP contribution < -0.4 is 5.32 Å². The molecule has 7 heteroatoms. The number of para-hydroxylation sites is 2. The Bertz CT molecular complexity index is 1020. The number of sulfone groups is 1. The summed E-state index contributed by atoms with van der Waals surface area (Å²) in [6.45, 7) is 2.67. The molecule has 130 valence electrons. The SMILES string of the molecule is CCn1c(NC(=O)c2ccc(CS(C)(=O)=O)cc2)nc2ccccc21. The topological polar surface area (TPSA) is 81.1 Å². The van der Waals surface area contributed by atoms with Crippen LogP contribution in [-0.4, -0.2) is 30.1 Å². The zero-order chi connectivity index (χ0) is 18.0. The third-order valence-electron chi connectivity index (χ3n) is 3.84. The predicted molar refractivity (Wildman–Crippen MR) is 98.4 cm³/mol. The van der Waals surface area contributed by atoms with Crippen molar-refractivity contribution in [2.24, 2.45) is 0 Å². The maximum absolute atomic E-state index is 12.5. The standard InChI is InChI=1S/C18H19N3O3S/c1-3-21-16-7-5-4-6-15(16)19-18(21)20-17(22)14-10-8-13(9-11-14)12-25(2,23)24/h4-11H,3,12H2,1-2H3,(H,19,20,22). The highest BCUT2D eigenvalue weighted by Crippen LogP contribution is 2.20. The van der Waals surface area contributed by atoms with Gasteiger partial charge in [-0.2, -0.15) is 0 Å². The summed E-state index contributed by atoms with van der Waals surface area (Å²) in [5.41, 5.74) is 2.89. The summed E-state index contributed by atoms with van der Waals surface area (Å²) in [7, 11) is -3.10. The van der Waals surface area contributed by atoms with Gasteiger partial charge in [-0.15, -0.1) is 0 Å². The molecule has 1 amide bonds. The number of fused-ring (bicyclic) bond motifs is 1. The summed E-state index contributed by atoms with van der Waals surface area (Å²) in [5, 5.41) is 2.83. The van der Waals surface area contributed by atoms with Gasteiger partial charge in [0, 0.05) is 18.4 Å². The first-order valence-corrected chi connectivity index (χ1v) is 9.96. The number of imidazole rings is 1. The van der Waals surface area contributed by atoms with Gasteiger partial charge in [-0.1, -0.05) is 24.3 Å². The molecule has 0 radical (unpaired) electrons. The normalized spacial score (nSPS) is 11.6. The number of hydrogen-bond acceptors (Lipinski definition) is 4. The Morgan fingerprint density at radius 3 is 2.44 bits per heavy atom. The van der Waals surface area contributed by atoms with Crippen LogP contribution in [0, 0.1) is 0 Å². The van der Waals surface area contributed by atoms with Gasteiger partial charge in [-0.25, -0.2) is 13.4 Å². The lowest BCUT2D eigenvalue weighted by atomic mass is 10.1. The van der Waals surface area contributed by atoms with E-state index in [2.05, 4.69) is 10.3 Å². The van der Waals surface area contributed by atoms with Crippen molar-refractivity contribution in [1.82, 2.24) is 9.55 Å². The van der Waals surface area contributed by atoms with Gasteiger partial charge in [0.2, 0.25) is 5.95 Å². The highest BCUT2D eigenvalue weighted by molar-refractivity contribution is 7.89. The molecule has 0 saturated carbocycles. The number of benzene rings is 2. The van der Waals surface area contributed by atoms with Gasteiger partial charge in [-0.3, -0.25) is 10.1 Å². The second-order valence-corrected chi connectivity index (χ2v) is 8.03. The Balaban J connectivity index is 1.83. The molecule has 0 unspecified atom stereocenters. The summed E-state index contributed by atoms with van der Waals surface area (Å²) < 4.78 is 24.6. The molecule has 3 rings (SSSR count). The van der Waals surface area contributed by atoms with E-state index in [9.17, 15) is 13.2 Å². The van der Waals surface area contributed by atoms with Crippen LogP contribution in [0.4, 0.5) is 5.95 Å². The molecule has 1 N–H and O–H groups in total. The van der Waals surface area contributed by atoms with Gasteiger partial charge in [0.05, 0.1) is 16.8 Å². The van der Waals surface area contributed by atoms with Crippen molar-refractivity contribution in [2.75, 3.05) is 11.6 Å². The summed E-state index contributed by atoms with van der Waals surface area (Å²) >= 11 is 0. The van der Waals surface area contributed by atoms with Crippen LogP contribution in [0.15, 0.2) is 48.5 Å². The molecular formula is C18H19N3O3S. The quantitative estimate of drug-likeness (QED) is 0.761. The van der Waals surface area contributed by atoms with E-state index in [-0.39, 0.29) is 11.7 Å². The summed E-state index contributed by atoms with van der Waals surface area (Å²) in [6, 6.07) is 14.2. The molecular weight excluding hydrogens is 338 g/mol. The number of carbonyl (C=O) groups excluding carboxylic acids is 1. The van der Waals surface area contributed by atoms with Crippen molar-refractivity contribution in [3.63, 3.8) is 0 Å². The van der Waals surface area contributed by atoms with E-state index in [1.165, 1.54) is 6.26 Å². The fourth-order valence-electron chi connectivity index (χ4n) is 2.72. The number of aromatic nitrogens is 2. The van der Waals surface area contributed by atoms with E-state index in [0.717, 1.165) is 11.0 Å². The first-order valence-electron chi connectivity index (χ1n) is 7.90. The Morgan fingerprint density at radius 1 is 1.12 bits per heavy atom. The number of aryl methyl sites for hydroxylation is 1. The van der Waals surface area contributed by atoms with Crippen molar-refractivity contribution in [2.45, 2.75) is 19.2 Å². The number of nitrogens with zero attached hydrogens (tertiary/aromatic N) is 2. The maximum Gasteiger partial charge on any atom is 0.257 e. The monoisotopic (exact) mass is 357 g/mol. The first kappa shape index (κ1) is 17.2. The Morgan fingerprint density at radius 2 is 1.80 bits per heavy atom. The molecule has 1 heterocycles. The summed E-state index contributed by atoms with van der Waals surface area (Å²) in [5.74, 6) is 0.172. The molecule has 0 aliphatic rings. The molecule has 0 saturated heterocycles. The van der Waals surface area contributed by atoms with E-state index in [1.54, 1.807) is 24.3 Å². The van der Waals surface area contributed by atoms with Gasteiger partial charge in [0.15, 0.2) is 9.84 Å². The van der Waals surface area contributed by atoms with Crippen LogP contribution in [0.1, 0.15) is 22.8 Å². The van der Waals surface area contributed by atoms with Crippen molar-refractivity contribution in [3.05, 3.63) is 59.7 Å². The molecule has 0 aliphatic carbocycles. The molecule has 2 aromatic carbocycles. The van der Waals surface area contributed by atoms with Gasteiger partial charge in [-0.05, 0) is 36.8 Å². The minimum atomic E-state index is -3.10. The average Bonchev–Trinajstić information content (AvgIpc) is 2.90. The molecule has 25 heavy (non-hydrogen) atoms. The minimum Gasteiger partial charge on any atom is -0.310 e. The molecule has 0 bridgehead atoms. The Kier molecular flexibility index (Phi) is 4.59. The van der Waals surface area contributed by atoms with E-state index in [1.807, 2.05) is 35.8 Å².